The molecule has 33 heavy (non-hydrogen) atoms. The van der Waals surface area contributed by atoms with Crippen molar-refractivity contribution in [3.63, 3.8) is 0 Å². The molecule has 2 heterocycles. The molecule has 0 aliphatic carbocycles. The second-order valence-corrected chi connectivity index (χ2v) is 9.09. The molecule has 1 unspecified atom stereocenters. The number of hydrogen-bond acceptors (Lipinski definition) is 6. The molecule has 1 saturated heterocycles. The standard InChI is InChI=1S/C23H22N4O5S/c1-32-20-7-3-2-6-19(20)27-15-16(14-22(27)28)23(29)25-17-9-11-18(12-10-17)33(30,31)26-21-8-4-5-13-24-21/h2-13,16H,14-15H2,1H3,(H,24,26)(H,25,29). The molecule has 1 atom stereocenters. The van der Waals surface area contributed by atoms with Crippen LogP contribution >= 0.6 is 0 Å². The van der Waals surface area contributed by atoms with Crippen LogP contribution in [0.3, 0.4) is 0 Å². The van der Waals surface area contributed by atoms with Gasteiger partial charge in [0, 0.05) is 24.8 Å². The minimum absolute atomic E-state index is 0.0320. The van der Waals surface area contributed by atoms with Crippen molar-refractivity contribution < 1.29 is 22.7 Å². The average Bonchev–Trinajstić information content (AvgIpc) is 3.21. The first kappa shape index (κ1) is 22.3. The summed E-state index contributed by atoms with van der Waals surface area (Å²) in [4.78, 5) is 30.8. The van der Waals surface area contributed by atoms with Crippen molar-refractivity contribution in [2.45, 2.75) is 11.3 Å². The van der Waals surface area contributed by atoms with E-state index >= 15 is 0 Å². The number of amides is 2. The van der Waals surface area contributed by atoms with Crippen LogP contribution in [-0.2, 0) is 19.6 Å². The molecule has 9 nitrogen and oxygen atoms in total. The molecule has 0 spiro atoms. The van der Waals surface area contributed by atoms with E-state index in [4.69, 9.17) is 4.74 Å². The van der Waals surface area contributed by atoms with Crippen molar-refractivity contribution in [1.82, 2.24) is 4.98 Å². The smallest absolute Gasteiger partial charge is 0.263 e. The van der Waals surface area contributed by atoms with Gasteiger partial charge in [0.25, 0.3) is 10.0 Å². The summed E-state index contributed by atoms with van der Waals surface area (Å²) in [7, 11) is -2.29. The average molecular weight is 467 g/mol. The van der Waals surface area contributed by atoms with Gasteiger partial charge >= 0.3 is 0 Å². The first-order valence-electron chi connectivity index (χ1n) is 10.2. The van der Waals surface area contributed by atoms with Crippen LogP contribution in [0.15, 0.2) is 77.8 Å². The van der Waals surface area contributed by atoms with Gasteiger partial charge in [0.05, 0.1) is 23.6 Å². The van der Waals surface area contributed by atoms with Gasteiger partial charge in [-0.1, -0.05) is 18.2 Å². The van der Waals surface area contributed by atoms with Gasteiger partial charge in [-0.3, -0.25) is 14.3 Å². The Balaban J connectivity index is 1.41. The van der Waals surface area contributed by atoms with Crippen LogP contribution in [0, 0.1) is 5.92 Å². The van der Waals surface area contributed by atoms with E-state index in [0.29, 0.717) is 17.1 Å². The van der Waals surface area contributed by atoms with Crippen LogP contribution in [-0.4, -0.2) is 38.9 Å². The Labute approximate surface area is 191 Å². The molecule has 0 radical (unpaired) electrons. The Kier molecular flexibility index (Phi) is 6.27. The van der Waals surface area contributed by atoms with Gasteiger partial charge in [-0.2, -0.15) is 0 Å². The monoisotopic (exact) mass is 466 g/mol. The van der Waals surface area contributed by atoms with E-state index in [2.05, 4.69) is 15.0 Å². The number of carbonyl (C=O) groups excluding carboxylic acids is 2. The lowest BCUT2D eigenvalue weighted by molar-refractivity contribution is -0.122. The van der Waals surface area contributed by atoms with Gasteiger partial charge < -0.3 is 15.0 Å². The molecule has 2 aromatic carbocycles. The highest BCUT2D eigenvalue weighted by atomic mass is 32.2. The number of pyridine rings is 1. The lowest BCUT2D eigenvalue weighted by Crippen LogP contribution is -2.28. The summed E-state index contributed by atoms with van der Waals surface area (Å²) in [6, 6.07) is 17.8. The molecule has 1 aliphatic rings. The van der Waals surface area contributed by atoms with Crippen molar-refractivity contribution in [1.29, 1.82) is 0 Å². The number of aromatic nitrogens is 1. The number of hydrogen-bond donors (Lipinski definition) is 2. The predicted octanol–water partition coefficient (Wildman–Crippen LogP) is 2.88. The molecule has 0 saturated carbocycles. The first-order valence-corrected chi connectivity index (χ1v) is 11.6. The number of ether oxygens (including phenoxy) is 1. The zero-order valence-corrected chi connectivity index (χ0v) is 18.6. The zero-order valence-electron chi connectivity index (χ0n) is 17.8. The third-order valence-electron chi connectivity index (χ3n) is 5.21. The Morgan fingerprint density at radius 3 is 2.48 bits per heavy atom. The van der Waals surface area contributed by atoms with Crippen LogP contribution in [0.5, 0.6) is 5.75 Å². The van der Waals surface area contributed by atoms with Crippen LogP contribution in [0.1, 0.15) is 6.42 Å². The number of nitrogens with zero attached hydrogens (tertiary/aromatic N) is 2. The van der Waals surface area contributed by atoms with E-state index in [1.54, 1.807) is 41.3 Å². The van der Waals surface area contributed by atoms with Crippen LogP contribution in [0.4, 0.5) is 17.2 Å². The van der Waals surface area contributed by atoms with Crippen LogP contribution in [0.25, 0.3) is 0 Å². The Morgan fingerprint density at radius 2 is 1.79 bits per heavy atom. The summed E-state index contributed by atoms with van der Waals surface area (Å²) in [5, 5.41) is 2.76. The summed E-state index contributed by atoms with van der Waals surface area (Å²) < 4.78 is 32.7. The molecular formula is C23H22N4O5S. The third-order valence-corrected chi connectivity index (χ3v) is 6.58. The van der Waals surface area contributed by atoms with E-state index in [1.807, 2.05) is 6.07 Å². The third kappa shape index (κ3) is 4.96. The topological polar surface area (TPSA) is 118 Å². The molecule has 1 aromatic heterocycles. The lowest BCUT2D eigenvalue weighted by atomic mass is 10.1. The number of carbonyl (C=O) groups is 2. The fraction of sp³-hybridized carbons (Fsp3) is 0.174. The number of para-hydroxylation sites is 2. The number of methoxy groups -OCH3 is 1. The van der Waals surface area contributed by atoms with Crippen molar-refractivity contribution in [3.05, 3.63) is 72.9 Å². The minimum atomic E-state index is -3.81. The van der Waals surface area contributed by atoms with Gasteiger partial charge in [-0.15, -0.1) is 0 Å². The van der Waals surface area contributed by atoms with Gasteiger partial charge in [0.15, 0.2) is 0 Å². The number of anilines is 3. The second-order valence-electron chi connectivity index (χ2n) is 7.41. The highest BCUT2D eigenvalue weighted by molar-refractivity contribution is 7.92. The fourth-order valence-corrected chi connectivity index (χ4v) is 4.56. The molecule has 1 fully saturated rings. The van der Waals surface area contributed by atoms with Gasteiger partial charge in [-0.25, -0.2) is 13.4 Å². The summed E-state index contributed by atoms with van der Waals surface area (Å²) in [5.41, 5.74) is 1.05. The van der Waals surface area contributed by atoms with Crippen molar-refractivity contribution >= 4 is 39.0 Å². The molecule has 1 aliphatic heterocycles. The van der Waals surface area contributed by atoms with Gasteiger partial charge in [-0.05, 0) is 48.5 Å². The second kappa shape index (κ2) is 9.29. The maximum atomic E-state index is 12.8. The van der Waals surface area contributed by atoms with E-state index < -0.39 is 15.9 Å². The van der Waals surface area contributed by atoms with Crippen LogP contribution in [0.2, 0.25) is 0 Å². The largest absolute Gasteiger partial charge is 0.495 e. The Morgan fingerprint density at radius 1 is 1.06 bits per heavy atom. The molecule has 10 heteroatoms. The van der Waals surface area contributed by atoms with E-state index in [1.165, 1.54) is 37.6 Å². The Hall–Kier alpha value is -3.92. The predicted molar refractivity (Wildman–Crippen MR) is 124 cm³/mol. The number of nitrogens with one attached hydrogen (secondary N) is 2. The van der Waals surface area contributed by atoms with Crippen molar-refractivity contribution in [2.75, 3.05) is 28.6 Å². The molecule has 4 rings (SSSR count). The zero-order chi connectivity index (χ0) is 23.4. The number of rotatable bonds is 7. The summed E-state index contributed by atoms with van der Waals surface area (Å²) in [6.45, 7) is 0.228. The van der Waals surface area contributed by atoms with Crippen molar-refractivity contribution in [3.8, 4) is 5.75 Å². The Bertz CT molecular complexity index is 1260. The summed E-state index contributed by atoms with van der Waals surface area (Å²) in [5.74, 6) is -0.260. The van der Waals surface area contributed by atoms with E-state index in [-0.39, 0.29) is 35.5 Å². The lowest BCUT2D eigenvalue weighted by Gasteiger charge is -2.19. The SMILES string of the molecule is COc1ccccc1N1CC(C(=O)Nc2ccc(S(=O)(=O)Nc3ccccn3)cc2)CC1=O. The van der Waals surface area contributed by atoms with E-state index in [0.717, 1.165) is 0 Å². The highest BCUT2D eigenvalue weighted by Crippen LogP contribution is 2.33. The number of sulfonamides is 1. The quantitative estimate of drug-likeness (QED) is 0.553. The highest BCUT2D eigenvalue weighted by Gasteiger charge is 2.36. The summed E-state index contributed by atoms with van der Waals surface area (Å²) in [6.07, 6.45) is 1.56. The normalized spacial score (nSPS) is 15.8. The fourth-order valence-electron chi connectivity index (χ4n) is 3.55. The van der Waals surface area contributed by atoms with Gasteiger partial charge in [0.1, 0.15) is 11.6 Å². The van der Waals surface area contributed by atoms with Crippen molar-refractivity contribution in [2.24, 2.45) is 5.92 Å². The molecule has 2 amide bonds. The molecule has 170 valence electrons. The number of benzene rings is 2. The summed E-state index contributed by atoms with van der Waals surface area (Å²) >= 11 is 0. The first-order chi connectivity index (χ1) is 15.9. The van der Waals surface area contributed by atoms with Crippen LogP contribution < -0.4 is 19.7 Å². The van der Waals surface area contributed by atoms with Gasteiger partial charge in [0.2, 0.25) is 11.8 Å². The maximum Gasteiger partial charge on any atom is 0.263 e. The molecule has 3 aromatic rings. The molecule has 0 bridgehead atoms. The molecule has 2 N–H and O–H groups in total. The maximum absolute atomic E-state index is 12.8. The molecular weight excluding hydrogens is 444 g/mol. The van der Waals surface area contributed by atoms with E-state index in [9.17, 15) is 18.0 Å². The minimum Gasteiger partial charge on any atom is -0.495 e.